The Bertz CT molecular complexity index is 4420. The largest absolute Gasteiger partial charge is 0.457 e. The van der Waals surface area contributed by atoms with Crippen molar-refractivity contribution in [2.75, 3.05) is 4.90 Å². The van der Waals surface area contributed by atoms with Crippen LogP contribution in [0, 0.1) is 0 Å². The van der Waals surface area contributed by atoms with Crippen molar-refractivity contribution >= 4 is 70.5 Å². The van der Waals surface area contributed by atoms with Gasteiger partial charge in [-0.3, -0.25) is 0 Å². The molecule has 3 aliphatic carbocycles. The van der Waals surface area contributed by atoms with Crippen molar-refractivity contribution in [1.82, 2.24) is 0 Å². The van der Waals surface area contributed by atoms with Gasteiger partial charge in [0.15, 0.2) is 0 Å². The number of ether oxygens (including phenoxy) is 1. The van der Waals surface area contributed by atoms with Crippen LogP contribution in [-0.4, -0.2) is 0 Å². The van der Waals surface area contributed by atoms with E-state index < -0.39 is 10.8 Å². The second-order valence-corrected chi connectivity index (χ2v) is 20.9. The topological polar surface area (TPSA) is 25.6 Å². The zero-order valence-electron chi connectivity index (χ0n) is 38.7. The zero-order valence-corrected chi connectivity index (χ0v) is 39.5. The van der Waals surface area contributed by atoms with Crippen molar-refractivity contribution in [3.8, 4) is 44.9 Å². The quantitative estimate of drug-likeness (QED) is 0.177. The van der Waals surface area contributed by atoms with Gasteiger partial charge in [0.25, 0.3) is 0 Å². The van der Waals surface area contributed by atoms with Crippen LogP contribution in [0.2, 0.25) is 0 Å². The van der Waals surface area contributed by atoms with Gasteiger partial charge in [-0.2, -0.15) is 0 Å². The molecule has 0 N–H and O–H groups in total. The minimum Gasteiger partial charge on any atom is -0.457 e. The molecule has 72 heavy (non-hydrogen) atoms. The van der Waals surface area contributed by atoms with Crippen molar-refractivity contribution in [2.45, 2.75) is 10.8 Å². The van der Waals surface area contributed by atoms with Gasteiger partial charge in [0, 0.05) is 53.4 Å². The monoisotopic (exact) mass is 933 g/mol. The Morgan fingerprint density at radius 2 is 0.819 bits per heavy atom. The van der Waals surface area contributed by atoms with E-state index in [0.717, 1.165) is 50.5 Å². The lowest BCUT2D eigenvalue weighted by Crippen LogP contribution is -2.32. The van der Waals surface area contributed by atoms with Crippen LogP contribution in [0.4, 0.5) is 17.1 Å². The Labute approximate surface area is 419 Å². The van der Waals surface area contributed by atoms with Crippen LogP contribution in [0.15, 0.2) is 241 Å². The summed E-state index contributed by atoms with van der Waals surface area (Å²) in [6.07, 6.45) is 0. The summed E-state index contributed by atoms with van der Waals surface area (Å²) in [5.41, 5.74) is 21.9. The summed E-state index contributed by atoms with van der Waals surface area (Å²) in [5, 5.41) is 4.68. The number of rotatable bonds is 3. The molecule has 0 saturated heterocycles. The number of fused-ring (bicyclic) bond motifs is 25. The second kappa shape index (κ2) is 13.9. The van der Waals surface area contributed by atoms with Gasteiger partial charge >= 0.3 is 0 Å². The Balaban J connectivity index is 0.953. The smallest absolute Gasteiger partial charge is 0.135 e. The lowest BCUT2D eigenvalue weighted by molar-refractivity contribution is 0.436. The molecule has 11 aromatic carbocycles. The molecule has 3 heterocycles. The second-order valence-electron chi connectivity index (χ2n) is 19.8. The van der Waals surface area contributed by atoms with Gasteiger partial charge < -0.3 is 14.1 Å². The molecule has 0 amide bonds. The Morgan fingerprint density at radius 1 is 0.319 bits per heavy atom. The maximum atomic E-state index is 6.70. The maximum absolute atomic E-state index is 6.70. The number of benzene rings is 11. The third-order valence-electron chi connectivity index (χ3n) is 16.5. The third kappa shape index (κ3) is 4.71. The van der Waals surface area contributed by atoms with E-state index in [0.29, 0.717) is 0 Å². The van der Waals surface area contributed by atoms with E-state index in [1.54, 1.807) is 0 Å². The van der Waals surface area contributed by atoms with Crippen molar-refractivity contribution in [3.63, 3.8) is 0 Å². The van der Waals surface area contributed by atoms with Crippen LogP contribution in [0.1, 0.15) is 44.5 Å². The van der Waals surface area contributed by atoms with Crippen LogP contribution in [0.25, 0.3) is 75.5 Å². The first-order valence-corrected chi connectivity index (χ1v) is 25.6. The molecule has 0 fully saturated rings. The summed E-state index contributed by atoms with van der Waals surface area (Å²) < 4.78 is 15.7. The minimum absolute atomic E-state index is 0.488. The van der Waals surface area contributed by atoms with Crippen molar-refractivity contribution in [2.24, 2.45) is 0 Å². The Kier molecular flexibility index (Phi) is 7.49. The summed E-state index contributed by atoms with van der Waals surface area (Å²) in [5.74, 6) is 1.80. The Morgan fingerprint density at radius 3 is 1.49 bits per heavy atom. The highest BCUT2D eigenvalue weighted by Gasteiger charge is 2.53. The lowest BCUT2D eigenvalue weighted by atomic mass is 9.66. The van der Waals surface area contributed by atoms with Gasteiger partial charge in [0.2, 0.25) is 0 Å². The molecule has 4 aliphatic rings. The zero-order chi connectivity index (χ0) is 46.9. The fourth-order valence-corrected chi connectivity index (χ4v) is 15.0. The molecule has 0 bridgehead atoms. The van der Waals surface area contributed by atoms with Gasteiger partial charge in [0.05, 0.1) is 16.5 Å². The van der Waals surface area contributed by atoms with Crippen LogP contribution >= 0.6 is 11.3 Å². The van der Waals surface area contributed by atoms with Crippen molar-refractivity contribution < 1.29 is 9.15 Å². The molecule has 0 unspecified atom stereocenters. The van der Waals surface area contributed by atoms with Crippen LogP contribution in [0.3, 0.4) is 0 Å². The standard InChI is InChI=1S/C68H39NO2S/c1-6-21-51-42(16-1)43-17-2-7-22-52(43)67(51)53-23-8-3-18-44(53)46-34-32-41(37-57(46)67)69(40-33-35-61-49(36-40)47-20-5-12-28-60(47)70-61)59-27-15-31-64-66(59)50-38-48-45-19-4-9-24-54(45)68(58(48)39-65(50)72-64)55-25-10-13-29-62(55)71-63-30-14-11-26-56(63)68/h1-39H. The predicted molar refractivity (Wildman–Crippen MR) is 295 cm³/mol. The van der Waals surface area contributed by atoms with Crippen molar-refractivity contribution in [3.05, 3.63) is 281 Å². The Hall–Kier alpha value is -8.96. The molecule has 13 aromatic rings. The molecule has 17 rings (SSSR count). The minimum atomic E-state index is -0.547. The first kappa shape index (κ1) is 38.8. The molecule has 1 aliphatic heterocycles. The number of para-hydroxylation sites is 3. The highest BCUT2D eigenvalue weighted by Crippen LogP contribution is 2.65. The maximum Gasteiger partial charge on any atom is 0.135 e. The SMILES string of the molecule is c1ccc2c(c1)Oc1ccccc1C21c2ccccc2-c2cc3c(cc21)sc1cccc(N(c2ccc4c(c2)C2(c5ccccc5-c5ccccc52)c2ccccc2-4)c2ccc4oc5ccccc5c4c2)c13. The average molecular weight is 934 g/mol. The van der Waals surface area contributed by atoms with Gasteiger partial charge in [0.1, 0.15) is 22.7 Å². The average Bonchev–Trinajstić information content (AvgIpc) is 4.22. The van der Waals surface area contributed by atoms with Crippen LogP contribution < -0.4 is 9.64 Å². The number of hydrogen-bond acceptors (Lipinski definition) is 4. The molecular weight excluding hydrogens is 895 g/mol. The van der Waals surface area contributed by atoms with E-state index in [2.05, 4.69) is 241 Å². The van der Waals surface area contributed by atoms with Gasteiger partial charge in [-0.1, -0.05) is 164 Å². The van der Waals surface area contributed by atoms with E-state index >= 15 is 0 Å². The molecule has 3 nitrogen and oxygen atoms in total. The van der Waals surface area contributed by atoms with Crippen molar-refractivity contribution in [1.29, 1.82) is 0 Å². The van der Waals surface area contributed by atoms with Gasteiger partial charge in [-0.15, -0.1) is 11.3 Å². The molecule has 0 atom stereocenters. The number of thiophene rings is 1. The summed E-state index contributed by atoms with van der Waals surface area (Å²) in [4.78, 5) is 2.52. The molecule has 4 heteroatoms. The summed E-state index contributed by atoms with van der Waals surface area (Å²) >= 11 is 1.88. The van der Waals surface area contributed by atoms with E-state index in [1.807, 2.05) is 11.3 Å². The highest BCUT2D eigenvalue weighted by atomic mass is 32.1. The van der Waals surface area contributed by atoms with Crippen LogP contribution in [-0.2, 0) is 10.8 Å². The van der Waals surface area contributed by atoms with E-state index in [4.69, 9.17) is 9.15 Å². The number of nitrogens with zero attached hydrogens (tertiary/aromatic N) is 1. The number of hydrogen-bond donors (Lipinski definition) is 0. The van der Waals surface area contributed by atoms with Gasteiger partial charge in [-0.05, 0) is 140 Å². The molecule has 334 valence electrons. The number of anilines is 3. The fraction of sp³-hybridized carbons (Fsp3) is 0.0294. The van der Waals surface area contributed by atoms with E-state index in [1.165, 1.54) is 98.1 Å². The van der Waals surface area contributed by atoms with E-state index in [-0.39, 0.29) is 0 Å². The van der Waals surface area contributed by atoms with Crippen LogP contribution in [0.5, 0.6) is 11.5 Å². The number of furan rings is 1. The molecular formula is C68H39NO2S. The molecule has 2 spiro atoms. The summed E-state index contributed by atoms with van der Waals surface area (Å²) in [6, 6.07) is 87.8. The first-order chi connectivity index (χ1) is 35.7. The fourth-order valence-electron chi connectivity index (χ4n) is 13.8. The third-order valence-corrected chi connectivity index (χ3v) is 17.7. The molecule has 0 saturated carbocycles. The normalized spacial score (nSPS) is 14.4. The van der Waals surface area contributed by atoms with Gasteiger partial charge in [-0.25, -0.2) is 0 Å². The summed E-state index contributed by atoms with van der Waals surface area (Å²) in [7, 11) is 0. The summed E-state index contributed by atoms with van der Waals surface area (Å²) in [6.45, 7) is 0. The molecule has 2 aromatic heterocycles. The van der Waals surface area contributed by atoms with E-state index in [9.17, 15) is 0 Å². The highest BCUT2D eigenvalue weighted by molar-refractivity contribution is 7.26. The lowest BCUT2D eigenvalue weighted by Gasteiger charge is -2.39. The predicted octanol–water partition coefficient (Wildman–Crippen LogP) is 18.2. The first-order valence-electron chi connectivity index (χ1n) is 24.8. The molecule has 0 radical (unpaired) electrons.